The molecule has 0 aliphatic carbocycles. The van der Waals surface area contributed by atoms with Crippen LogP contribution < -0.4 is 16.4 Å². The Morgan fingerprint density at radius 3 is 2.43 bits per heavy atom. The Balaban J connectivity index is 1.73. The molecule has 122 valence electrons. The SMILES string of the molecule is N=C(N)c1ccc(NC(=O)CCC(=O)N[C@@H]2COC(=O)C2)cc1. The highest BCUT2D eigenvalue weighted by Gasteiger charge is 2.25. The van der Waals surface area contributed by atoms with E-state index >= 15 is 0 Å². The van der Waals surface area contributed by atoms with Crippen molar-refractivity contribution in [2.75, 3.05) is 11.9 Å². The minimum absolute atomic E-state index is 0.0296. The van der Waals surface area contributed by atoms with E-state index in [9.17, 15) is 14.4 Å². The summed E-state index contributed by atoms with van der Waals surface area (Å²) in [5.41, 5.74) is 6.47. The second kappa shape index (κ2) is 7.39. The van der Waals surface area contributed by atoms with Crippen molar-refractivity contribution in [3.63, 3.8) is 0 Å². The predicted molar refractivity (Wildman–Crippen MR) is 82.8 cm³/mol. The highest BCUT2D eigenvalue weighted by Crippen LogP contribution is 2.10. The molecule has 0 spiro atoms. The number of cyclic esters (lactones) is 1. The maximum absolute atomic E-state index is 11.8. The van der Waals surface area contributed by atoms with Crippen LogP contribution in [0.15, 0.2) is 24.3 Å². The van der Waals surface area contributed by atoms with Crippen LogP contribution in [0.2, 0.25) is 0 Å². The van der Waals surface area contributed by atoms with Gasteiger partial charge in [0.15, 0.2) is 0 Å². The number of ether oxygens (including phenoxy) is 1. The molecule has 1 aromatic rings. The molecular formula is C15H18N4O4. The summed E-state index contributed by atoms with van der Waals surface area (Å²) in [4.78, 5) is 34.4. The van der Waals surface area contributed by atoms with Gasteiger partial charge < -0.3 is 21.1 Å². The van der Waals surface area contributed by atoms with E-state index in [2.05, 4.69) is 10.6 Å². The van der Waals surface area contributed by atoms with E-state index in [1.165, 1.54) is 0 Å². The molecule has 2 rings (SSSR count). The summed E-state index contributed by atoms with van der Waals surface area (Å²) in [6.07, 6.45) is 0.226. The number of rotatable bonds is 6. The minimum atomic E-state index is -0.331. The number of esters is 1. The van der Waals surface area contributed by atoms with Gasteiger partial charge in [0.05, 0.1) is 12.5 Å². The van der Waals surface area contributed by atoms with Crippen LogP contribution in [-0.4, -0.2) is 36.3 Å². The largest absolute Gasteiger partial charge is 0.463 e. The molecule has 0 bridgehead atoms. The average molecular weight is 318 g/mol. The Morgan fingerprint density at radius 2 is 1.87 bits per heavy atom. The molecule has 8 heteroatoms. The van der Waals surface area contributed by atoms with Crippen molar-refractivity contribution in [2.45, 2.75) is 25.3 Å². The summed E-state index contributed by atoms with van der Waals surface area (Å²) in [7, 11) is 0. The molecule has 0 saturated carbocycles. The maximum Gasteiger partial charge on any atom is 0.308 e. The number of anilines is 1. The van der Waals surface area contributed by atoms with Crippen molar-refractivity contribution in [1.29, 1.82) is 5.41 Å². The lowest BCUT2D eigenvalue weighted by atomic mass is 10.2. The van der Waals surface area contributed by atoms with Gasteiger partial charge in [0, 0.05) is 24.1 Å². The van der Waals surface area contributed by atoms with Crippen LogP contribution in [0, 0.1) is 5.41 Å². The van der Waals surface area contributed by atoms with E-state index in [0.29, 0.717) is 11.3 Å². The maximum atomic E-state index is 11.8. The second-order valence-electron chi connectivity index (χ2n) is 5.19. The number of carbonyl (C=O) groups excluding carboxylic acids is 3. The summed E-state index contributed by atoms with van der Waals surface area (Å²) < 4.78 is 4.74. The molecule has 5 N–H and O–H groups in total. The van der Waals surface area contributed by atoms with Gasteiger partial charge in [-0.05, 0) is 24.3 Å². The highest BCUT2D eigenvalue weighted by molar-refractivity contribution is 5.96. The first-order valence-corrected chi connectivity index (χ1v) is 7.13. The molecule has 1 atom stereocenters. The topological polar surface area (TPSA) is 134 Å². The lowest BCUT2D eigenvalue weighted by Gasteiger charge is -2.09. The quantitative estimate of drug-likeness (QED) is 0.336. The fourth-order valence-electron chi connectivity index (χ4n) is 2.09. The van der Waals surface area contributed by atoms with E-state index < -0.39 is 0 Å². The summed E-state index contributed by atoms with van der Waals surface area (Å²) in [6, 6.07) is 6.22. The lowest BCUT2D eigenvalue weighted by Crippen LogP contribution is -2.35. The van der Waals surface area contributed by atoms with E-state index in [4.69, 9.17) is 15.9 Å². The molecule has 1 heterocycles. The molecule has 1 saturated heterocycles. The number of hydrogen-bond donors (Lipinski definition) is 4. The van der Waals surface area contributed by atoms with Crippen molar-refractivity contribution in [3.8, 4) is 0 Å². The van der Waals surface area contributed by atoms with E-state index in [1.807, 2.05) is 0 Å². The number of nitrogens with one attached hydrogen (secondary N) is 3. The third-order valence-corrected chi connectivity index (χ3v) is 3.28. The van der Waals surface area contributed by atoms with Crippen LogP contribution in [0.25, 0.3) is 0 Å². The molecule has 0 aromatic heterocycles. The molecule has 1 aliphatic heterocycles. The van der Waals surface area contributed by atoms with Crippen molar-refractivity contribution in [2.24, 2.45) is 5.73 Å². The van der Waals surface area contributed by atoms with Crippen LogP contribution >= 0.6 is 0 Å². The zero-order valence-electron chi connectivity index (χ0n) is 12.4. The van der Waals surface area contributed by atoms with Crippen LogP contribution in [0.5, 0.6) is 0 Å². The third-order valence-electron chi connectivity index (χ3n) is 3.28. The third kappa shape index (κ3) is 5.10. The number of amides is 2. The van der Waals surface area contributed by atoms with Crippen molar-refractivity contribution >= 4 is 29.3 Å². The van der Waals surface area contributed by atoms with Crippen molar-refractivity contribution in [3.05, 3.63) is 29.8 Å². The Labute approximate surface area is 132 Å². The van der Waals surface area contributed by atoms with Gasteiger partial charge in [-0.1, -0.05) is 0 Å². The van der Waals surface area contributed by atoms with Crippen LogP contribution in [-0.2, 0) is 19.1 Å². The molecule has 1 aliphatic rings. The molecule has 2 amide bonds. The Bertz CT molecular complexity index is 627. The second-order valence-corrected chi connectivity index (χ2v) is 5.19. The normalized spacial score (nSPS) is 16.5. The van der Waals surface area contributed by atoms with E-state index in [-0.39, 0.29) is 55.5 Å². The predicted octanol–water partition coefficient (Wildman–Crippen LogP) is 0.121. The lowest BCUT2D eigenvalue weighted by molar-refractivity contribution is -0.138. The number of amidine groups is 1. The van der Waals surface area contributed by atoms with Gasteiger partial charge in [-0.2, -0.15) is 0 Å². The fourth-order valence-corrected chi connectivity index (χ4v) is 2.09. The summed E-state index contributed by atoms with van der Waals surface area (Å²) in [6.45, 7) is 0.180. The van der Waals surface area contributed by atoms with E-state index in [0.717, 1.165) is 0 Å². The number of carbonyl (C=O) groups is 3. The van der Waals surface area contributed by atoms with Crippen LogP contribution in [0.1, 0.15) is 24.8 Å². The van der Waals surface area contributed by atoms with Gasteiger partial charge in [-0.3, -0.25) is 19.8 Å². The number of nitrogen functional groups attached to an aromatic ring is 1. The first-order chi connectivity index (χ1) is 10.9. The van der Waals surface area contributed by atoms with Gasteiger partial charge in [0.2, 0.25) is 11.8 Å². The van der Waals surface area contributed by atoms with Crippen LogP contribution in [0.4, 0.5) is 5.69 Å². The van der Waals surface area contributed by atoms with Crippen molar-refractivity contribution in [1.82, 2.24) is 5.32 Å². The smallest absolute Gasteiger partial charge is 0.308 e. The highest BCUT2D eigenvalue weighted by atomic mass is 16.5. The zero-order chi connectivity index (χ0) is 16.8. The number of benzene rings is 1. The number of nitrogens with two attached hydrogens (primary N) is 1. The van der Waals surface area contributed by atoms with Crippen molar-refractivity contribution < 1.29 is 19.1 Å². The minimum Gasteiger partial charge on any atom is -0.463 e. The molecular weight excluding hydrogens is 300 g/mol. The first-order valence-electron chi connectivity index (χ1n) is 7.13. The van der Waals surface area contributed by atoms with Crippen LogP contribution in [0.3, 0.4) is 0 Å². The standard InChI is InChI=1S/C15H18N4O4/c16-15(17)9-1-3-10(4-2-9)18-12(20)5-6-13(21)19-11-7-14(22)23-8-11/h1-4,11H,5-8H2,(H3,16,17)(H,18,20)(H,19,21)/t11-/m0/s1. The van der Waals surface area contributed by atoms with E-state index in [1.54, 1.807) is 24.3 Å². The fraction of sp³-hybridized carbons (Fsp3) is 0.333. The molecule has 23 heavy (non-hydrogen) atoms. The van der Waals surface area contributed by atoms with Gasteiger partial charge in [0.25, 0.3) is 0 Å². The molecule has 0 unspecified atom stereocenters. The summed E-state index contributed by atoms with van der Waals surface area (Å²) >= 11 is 0. The molecule has 0 radical (unpaired) electrons. The summed E-state index contributed by atoms with van der Waals surface area (Å²) in [5.74, 6) is -0.971. The monoisotopic (exact) mass is 318 g/mol. The van der Waals surface area contributed by atoms with Gasteiger partial charge >= 0.3 is 5.97 Å². The molecule has 1 aromatic carbocycles. The Hall–Kier alpha value is -2.90. The zero-order valence-corrected chi connectivity index (χ0v) is 12.4. The van der Waals surface area contributed by atoms with Gasteiger partial charge in [-0.15, -0.1) is 0 Å². The summed E-state index contributed by atoms with van der Waals surface area (Å²) in [5, 5.41) is 12.6. The Kier molecular flexibility index (Phi) is 5.29. The number of hydrogen-bond acceptors (Lipinski definition) is 5. The Morgan fingerprint density at radius 1 is 1.22 bits per heavy atom. The van der Waals surface area contributed by atoms with Gasteiger partial charge in [-0.25, -0.2) is 0 Å². The average Bonchev–Trinajstić information content (AvgIpc) is 2.91. The van der Waals surface area contributed by atoms with Gasteiger partial charge in [0.1, 0.15) is 12.4 Å². The molecule has 8 nitrogen and oxygen atoms in total. The molecule has 1 fully saturated rings. The first kappa shape index (κ1) is 16.5.